The maximum atomic E-state index is 12.6. The van der Waals surface area contributed by atoms with Crippen molar-refractivity contribution in [3.05, 3.63) is 63.9 Å². The van der Waals surface area contributed by atoms with Crippen LogP contribution in [0.25, 0.3) is 0 Å². The molecule has 1 unspecified atom stereocenters. The van der Waals surface area contributed by atoms with Gasteiger partial charge in [0.05, 0.1) is 36.8 Å². The highest BCUT2D eigenvalue weighted by atomic mass is 79.9. The summed E-state index contributed by atoms with van der Waals surface area (Å²) in [6.45, 7) is 1.86. The van der Waals surface area contributed by atoms with Gasteiger partial charge in [-0.2, -0.15) is 0 Å². The Labute approximate surface area is 214 Å². The fourth-order valence-electron chi connectivity index (χ4n) is 3.07. The number of amides is 1. The van der Waals surface area contributed by atoms with Gasteiger partial charge in [0.25, 0.3) is 0 Å². The number of hydrogen-bond donors (Lipinski definition) is 1. The molecule has 0 saturated carbocycles. The summed E-state index contributed by atoms with van der Waals surface area (Å²) in [4.78, 5) is 36.6. The summed E-state index contributed by atoms with van der Waals surface area (Å²) in [5.74, 6) is -0.399. The Bertz CT molecular complexity index is 1230. The maximum Gasteiger partial charge on any atom is 0.339 e. The van der Waals surface area contributed by atoms with Crippen LogP contribution in [-0.2, 0) is 21.3 Å². The van der Waals surface area contributed by atoms with Gasteiger partial charge in [-0.3, -0.25) is 4.79 Å². The summed E-state index contributed by atoms with van der Waals surface area (Å²) in [5.41, 5.74) is 0.430. The number of anilines is 1. The van der Waals surface area contributed by atoms with Crippen molar-refractivity contribution in [2.75, 3.05) is 25.3 Å². The Morgan fingerprint density at radius 1 is 1.06 bits per heavy atom. The van der Waals surface area contributed by atoms with Gasteiger partial charge in [-0.15, -0.1) is 10.2 Å². The summed E-state index contributed by atoms with van der Waals surface area (Å²) in [6, 6.07) is 11.6. The van der Waals surface area contributed by atoms with Crippen molar-refractivity contribution in [2.24, 2.45) is 7.05 Å². The average molecular weight is 563 g/mol. The van der Waals surface area contributed by atoms with E-state index < -0.39 is 17.8 Å². The van der Waals surface area contributed by atoms with E-state index in [1.807, 2.05) is 31.2 Å². The van der Waals surface area contributed by atoms with E-state index in [4.69, 9.17) is 14.2 Å². The molecule has 0 saturated heterocycles. The molecule has 1 atom stereocenters. The minimum absolute atomic E-state index is 0.0169. The van der Waals surface area contributed by atoms with E-state index in [0.29, 0.717) is 16.7 Å². The van der Waals surface area contributed by atoms with Crippen molar-refractivity contribution in [3.8, 4) is 5.75 Å². The molecule has 35 heavy (non-hydrogen) atoms. The minimum atomic E-state index is -0.651. The first-order chi connectivity index (χ1) is 16.7. The van der Waals surface area contributed by atoms with Crippen LogP contribution < -0.4 is 10.1 Å². The fraction of sp³-hybridized carbons (Fsp3) is 0.261. The standard InChI is InChI=1S/C23H23BrN4O6S/c1-13(34-16-8-6-15(24)7-9-16)20-26-27-23(28(20)2)35-12-19(29)25-18-11-14(21(30)32-3)5-10-17(18)22(31)33-4/h5-11,13H,12H2,1-4H3,(H,25,29). The van der Waals surface area contributed by atoms with Crippen LogP contribution in [0.2, 0.25) is 0 Å². The van der Waals surface area contributed by atoms with Gasteiger partial charge in [-0.1, -0.05) is 27.7 Å². The third-order valence-corrected chi connectivity index (χ3v) is 6.36. The first-order valence-electron chi connectivity index (χ1n) is 10.3. The molecule has 0 spiro atoms. The van der Waals surface area contributed by atoms with E-state index in [1.165, 1.54) is 32.4 Å². The number of nitrogens with zero attached hydrogens (tertiary/aromatic N) is 3. The van der Waals surface area contributed by atoms with E-state index in [9.17, 15) is 14.4 Å². The number of halogens is 1. The Morgan fingerprint density at radius 2 is 1.74 bits per heavy atom. The number of methoxy groups -OCH3 is 2. The molecule has 3 aromatic rings. The molecular formula is C23H23BrN4O6S. The lowest BCUT2D eigenvalue weighted by atomic mass is 10.1. The summed E-state index contributed by atoms with van der Waals surface area (Å²) < 4.78 is 18.1. The third-order valence-electron chi connectivity index (χ3n) is 4.81. The van der Waals surface area contributed by atoms with Gasteiger partial charge in [-0.25, -0.2) is 9.59 Å². The van der Waals surface area contributed by atoms with E-state index >= 15 is 0 Å². The van der Waals surface area contributed by atoms with E-state index in [-0.39, 0.29) is 28.7 Å². The molecule has 0 aliphatic rings. The Kier molecular flexibility index (Phi) is 8.88. The quantitative estimate of drug-likeness (QED) is 0.304. The number of thioether (sulfide) groups is 1. The third kappa shape index (κ3) is 6.61. The van der Waals surface area contributed by atoms with Gasteiger partial charge in [-0.05, 0) is 49.4 Å². The van der Waals surface area contributed by atoms with Crippen molar-refractivity contribution >= 4 is 51.2 Å². The van der Waals surface area contributed by atoms with Crippen LogP contribution >= 0.6 is 27.7 Å². The number of rotatable bonds is 9. The predicted molar refractivity (Wildman–Crippen MR) is 133 cm³/mol. The molecular weight excluding hydrogens is 540 g/mol. The van der Waals surface area contributed by atoms with Crippen LogP contribution in [0.4, 0.5) is 5.69 Å². The number of hydrogen-bond acceptors (Lipinski definition) is 9. The first kappa shape index (κ1) is 26.2. The topological polar surface area (TPSA) is 122 Å². The second kappa shape index (κ2) is 11.8. The van der Waals surface area contributed by atoms with Crippen LogP contribution in [0.1, 0.15) is 39.6 Å². The fourth-order valence-corrected chi connectivity index (χ4v) is 4.06. The average Bonchev–Trinajstić information content (AvgIpc) is 3.23. The number of aromatic nitrogens is 3. The van der Waals surface area contributed by atoms with Gasteiger partial charge in [0.2, 0.25) is 5.91 Å². The number of esters is 2. The maximum absolute atomic E-state index is 12.6. The lowest BCUT2D eigenvalue weighted by Crippen LogP contribution is -2.18. The van der Waals surface area contributed by atoms with E-state index in [0.717, 1.165) is 16.2 Å². The normalized spacial score (nSPS) is 11.5. The predicted octanol–water partition coefficient (Wildman–Crippen LogP) is 4.02. The molecule has 3 rings (SSSR count). The highest BCUT2D eigenvalue weighted by Gasteiger charge is 2.20. The zero-order chi connectivity index (χ0) is 25.5. The van der Waals surface area contributed by atoms with Crippen LogP contribution in [0.15, 0.2) is 52.1 Å². The molecule has 1 heterocycles. The van der Waals surface area contributed by atoms with Crippen molar-refractivity contribution in [1.29, 1.82) is 0 Å². The van der Waals surface area contributed by atoms with E-state index in [1.54, 1.807) is 11.6 Å². The second-order valence-corrected chi connectivity index (χ2v) is 9.05. The Hall–Kier alpha value is -3.38. The van der Waals surface area contributed by atoms with Gasteiger partial charge < -0.3 is 24.1 Å². The van der Waals surface area contributed by atoms with Crippen LogP contribution in [-0.4, -0.2) is 52.6 Å². The SMILES string of the molecule is COC(=O)c1ccc(C(=O)OC)c(NC(=O)CSc2nnc(C(C)Oc3ccc(Br)cc3)n2C)c1. The number of carbonyl (C=O) groups excluding carboxylic acids is 3. The molecule has 12 heteroatoms. The molecule has 0 bridgehead atoms. The lowest BCUT2D eigenvalue weighted by molar-refractivity contribution is -0.113. The molecule has 1 amide bonds. The summed E-state index contributed by atoms with van der Waals surface area (Å²) in [5, 5.41) is 11.5. The molecule has 0 aliphatic heterocycles. The number of nitrogens with one attached hydrogen (secondary N) is 1. The van der Waals surface area contributed by atoms with Crippen LogP contribution in [0.5, 0.6) is 5.75 Å². The number of benzene rings is 2. The second-order valence-electron chi connectivity index (χ2n) is 7.19. The lowest BCUT2D eigenvalue weighted by Gasteiger charge is -2.14. The molecule has 0 fully saturated rings. The van der Waals surface area contributed by atoms with Gasteiger partial charge >= 0.3 is 11.9 Å². The largest absolute Gasteiger partial charge is 0.483 e. The Morgan fingerprint density at radius 3 is 2.40 bits per heavy atom. The van der Waals surface area contributed by atoms with Crippen LogP contribution in [0.3, 0.4) is 0 Å². The smallest absolute Gasteiger partial charge is 0.339 e. The van der Waals surface area contributed by atoms with Crippen molar-refractivity contribution in [2.45, 2.75) is 18.2 Å². The highest BCUT2D eigenvalue weighted by Crippen LogP contribution is 2.25. The van der Waals surface area contributed by atoms with Crippen molar-refractivity contribution in [1.82, 2.24) is 14.8 Å². The van der Waals surface area contributed by atoms with E-state index in [2.05, 4.69) is 31.4 Å². The first-order valence-corrected chi connectivity index (χ1v) is 12.1. The number of ether oxygens (including phenoxy) is 3. The Balaban J connectivity index is 1.67. The molecule has 10 nitrogen and oxygen atoms in total. The highest BCUT2D eigenvalue weighted by molar-refractivity contribution is 9.10. The summed E-state index contributed by atoms with van der Waals surface area (Å²) >= 11 is 4.55. The zero-order valence-electron chi connectivity index (χ0n) is 19.4. The van der Waals surface area contributed by atoms with Gasteiger partial charge in [0.1, 0.15) is 5.75 Å². The molecule has 1 aromatic heterocycles. The van der Waals surface area contributed by atoms with Gasteiger partial charge in [0, 0.05) is 11.5 Å². The minimum Gasteiger partial charge on any atom is -0.483 e. The molecule has 0 radical (unpaired) electrons. The number of carbonyl (C=O) groups is 3. The molecule has 2 aromatic carbocycles. The molecule has 184 valence electrons. The molecule has 1 N–H and O–H groups in total. The monoisotopic (exact) mass is 562 g/mol. The molecule has 0 aliphatic carbocycles. The van der Waals surface area contributed by atoms with Gasteiger partial charge in [0.15, 0.2) is 17.1 Å². The summed E-state index contributed by atoms with van der Waals surface area (Å²) in [6.07, 6.45) is -0.375. The van der Waals surface area contributed by atoms with Crippen molar-refractivity contribution in [3.63, 3.8) is 0 Å². The summed E-state index contributed by atoms with van der Waals surface area (Å²) in [7, 11) is 4.25. The van der Waals surface area contributed by atoms with Crippen LogP contribution in [0, 0.1) is 0 Å². The zero-order valence-corrected chi connectivity index (χ0v) is 21.8. The van der Waals surface area contributed by atoms with Crippen molar-refractivity contribution < 1.29 is 28.6 Å².